The number of hydrogen-bond acceptors (Lipinski definition) is 4. The van der Waals surface area contributed by atoms with Crippen LogP contribution in [0.15, 0.2) is 58.0 Å². The van der Waals surface area contributed by atoms with Crippen molar-refractivity contribution in [2.45, 2.75) is 25.7 Å². The smallest absolute Gasteiger partial charge is 0.264 e. The van der Waals surface area contributed by atoms with E-state index in [-0.39, 0.29) is 11.4 Å². The van der Waals surface area contributed by atoms with Crippen LogP contribution in [-0.4, -0.2) is 21.7 Å². The first kappa shape index (κ1) is 20.9. The van der Waals surface area contributed by atoms with E-state index in [0.29, 0.717) is 27.5 Å². The van der Waals surface area contributed by atoms with Crippen molar-refractivity contribution in [2.24, 2.45) is 5.10 Å². The summed E-state index contributed by atoms with van der Waals surface area (Å²) in [6, 6.07) is 9.86. The first-order chi connectivity index (χ1) is 12.8. The summed E-state index contributed by atoms with van der Waals surface area (Å²) in [5, 5.41) is 4.07. The zero-order valence-corrected chi connectivity index (χ0v) is 16.9. The molecule has 3 rings (SSSR count). The van der Waals surface area contributed by atoms with Gasteiger partial charge in [0.1, 0.15) is 5.82 Å². The quantitative estimate of drug-likeness (QED) is 0.590. The molecule has 0 fully saturated rings. The predicted octanol–water partition coefficient (Wildman–Crippen LogP) is 4.65. The highest BCUT2D eigenvalue weighted by molar-refractivity contribution is 7.92. The van der Waals surface area contributed by atoms with E-state index in [9.17, 15) is 12.8 Å². The number of fused-ring (bicyclic) bond motifs is 1. The van der Waals surface area contributed by atoms with Gasteiger partial charge < -0.3 is 0 Å². The molecule has 0 saturated heterocycles. The molecular weight excluding hydrogens is 389 g/mol. The van der Waals surface area contributed by atoms with Crippen LogP contribution in [0.3, 0.4) is 0 Å². The number of nitrogens with zero attached hydrogens (tertiary/aromatic N) is 2. The van der Waals surface area contributed by atoms with E-state index < -0.39 is 15.8 Å². The Morgan fingerprint density at radius 3 is 2.41 bits per heavy atom. The maximum Gasteiger partial charge on any atom is 0.264 e. The van der Waals surface area contributed by atoms with E-state index in [0.717, 1.165) is 0 Å². The van der Waals surface area contributed by atoms with Gasteiger partial charge in [-0.3, -0.25) is 9.73 Å². The second-order valence-corrected chi connectivity index (χ2v) is 7.85. The highest BCUT2D eigenvalue weighted by atomic mass is 35.5. The summed E-state index contributed by atoms with van der Waals surface area (Å²) in [6.45, 7) is 9.24. The highest BCUT2D eigenvalue weighted by Gasteiger charge is 2.32. The fourth-order valence-electron chi connectivity index (χ4n) is 2.72. The number of anilines is 1. The predicted molar refractivity (Wildman–Crippen MR) is 109 cm³/mol. The van der Waals surface area contributed by atoms with Crippen LogP contribution in [0.4, 0.5) is 10.1 Å². The molecule has 2 aromatic rings. The van der Waals surface area contributed by atoms with Gasteiger partial charge in [0.15, 0.2) is 0 Å². The van der Waals surface area contributed by atoms with Gasteiger partial charge in [-0.1, -0.05) is 25.4 Å². The Morgan fingerprint density at radius 2 is 1.81 bits per heavy atom. The minimum atomic E-state index is -3.83. The third-order valence-electron chi connectivity index (χ3n) is 3.90. The van der Waals surface area contributed by atoms with Gasteiger partial charge in [-0.05, 0) is 55.0 Å². The Bertz CT molecular complexity index is 973. The van der Waals surface area contributed by atoms with Crippen molar-refractivity contribution in [2.75, 3.05) is 10.8 Å². The normalized spacial score (nSPS) is 13.4. The zero-order chi connectivity index (χ0) is 20.2. The van der Waals surface area contributed by atoms with Gasteiger partial charge in [0.05, 0.1) is 22.8 Å². The lowest BCUT2D eigenvalue weighted by Crippen LogP contribution is -2.36. The molecule has 1 N–H and O–H groups in total. The number of hydrogen-bond donors (Lipinski definition) is 1. The molecule has 144 valence electrons. The Hall–Kier alpha value is -2.38. The zero-order valence-electron chi connectivity index (χ0n) is 15.3. The third kappa shape index (κ3) is 4.14. The van der Waals surface area contributed by atoms with E-state index >= 15 is 0 Å². The minimum absolute atomic E-state index is 0.109. The molecule has 5 nitrogen and oxygen atoms in total. The highest BCUT2D eigenvalue weighted by Crippen LogP contribution is 2.37. The maximum absolute atomic E-state index is 13.7. The van der Waals surface area contributed by atoms with Crippen molar-refractivity contribution in [1.82, 2.24) is 5.43 Å². The summed E-state index contributed by atoms with van der Waals surface area (Å²) in [5.41, 5.74) is 4.75. The monoisotopic (exact) mass is 409 g/mol. The van der Waals surface area contributed by atoms with Crippen LogP contribution in [0.5, 0.6) is 0 Å². The summed E-state index contributed by atoms with van der Waals surface area (Å²) < 4.78 is 41.1. The second kappa shape index (κ2) is 8.54. The molecule has 1 heterocycles. The number of hydrazone groups is 1. The molecule has 0 aliphatic carbocycles. The molecule has 0 aromatic heterocycles. The fourth-order valence-corrected chi connectivity index (χ4v) is 4.36. The van der Waals surface area contributed by atoms with E-state index in [4.69, 9.17) is 11.6 Å². The molecule has 1 aliphatic heterocycles. The largest absolute Gasteiger partial charge is 0.278 e. The van der Waals surface area contributed by atoms with Crippen molar-refractivity contribution in [3.8, 4) is 0 Å². The van der Waals surface area contributed by atoms with Crippen molar-refractivity contribution in [3.63, 3.8) is 0 Å². The van der Waals surface area contributed by atoms with Crippen molar-refractivity contribution >= 4 is 39.7 Å². The SMILES string of the molecule is C=NNC1=C(C)CN(S(=O)(=O)c2ccc(Cl)cc2)c2ccc(F)cc21.CC. The average molecular weight is 410 g/mol. The van der Waals surface area contributed by atoms with E-state index in [1.807, 2.05) is 13.8 Å². The Balaban J connectivity index is 0.00000126. The van der Waals surface area contributed by atoms with Gasteiger partial charge in [-0.25, -0.2) is 12.8 Å². The molecule has 2 aromatic carbocycles. The number of halogens is 2. The van der Waals surface area contributed by atoms with Crippen LogP contribution >= 0.6 is 11.6 Å². The lowest BCUT2D eigenvalue weighted by atomic mass is 10.0. The Labute approximate surface area is 164 Å². The average Bonchev–Trinajstić information content (AvgIpc) is 2.65. The number of rotatable bonds is 4. The Kier molecular flexibility index (Phi) is 6.62. The van der Waals surface area contributed by atoms with E-state index in [1.54, 1.807) is 6.92 Å². The third-order valence-corrected chi connectivity index (χ3v) is 5.92. The molecule has 0 saturated carbocycles. The van der Waals surface area contributed by atoms with Gasteiger partial charge >= 0.3 is 0 Å². The van der Waals surface area contributed by atoms with Gasteiger partial charge in [-0.2, -0.15) is 5.10 Å². The summed E-state index contributed by atoms with van der Waals surface area (Å²) in [5.74, 6) is -0.472. The topological polar surface area (TPSA) is 61.8 Å². The number of benzene rings is 2. The summed E-state index contributed by atoms with van der Waals surface area (Å²) >= 11 is 5.84. The van der Waals surface area contributed by atoms with Crippen LogP contribution in [0, 0.1) is 5.82 Å². The lowest BCUT2D eigenvalue weighted by Gasteiger charge is -2.32. The standard InChI is InChI=1S/C17H15ClFN3O2S.C2H6/c1-11-10-22(25(23,24)14-6-3-12(18)4-7-14)16-8-5-13(19)9-15(16)17(11)21-20-2;1-2/h3-9,21H,2,10H2,1H3;1-2H3. The van der Waals surface area contributed by atoms with E-state index in [1.165, 1.54) is 46.8 Å². The number of nitrogens with one attached hydrogen (secondary N) is 1. The minimum Gasteiger partial charge on any atom is -0.278 e. The van der Waals surface area contributed by atoms with Gasteiger partial charge in [0.2, 0.25) is 0 Å². The fraction of sp³-hybridized carbons (Fsp3) is 0.211. The van der Waals surface area contributed by atoms with Crippen molar-refractivity contribution in [1.29, 1.82) is 0 Å². The molecule has 8 heteroatoms. The van der Waals surface area contributed by atoms with Crippen molar-refractivity contribution in [3.05, 3.63) is 64.4 Å². The molecule has 0 spiro atoms. The summed E-state index contributed by atoms with van der Waals surface area (Å²) in [4.78, 5) is 0.109. The molecular formula is C19H21ClFN3O2S. The van der Waals surface area contributed by atoms with Crippen LogP contribution in [-0.2, 0) is 10.0 Å². The first-order valence-electron chi connectivity index (χ1n) is 8.34. The van der Waals surface area contributed by atoms with Crippen LogP contribution in [0.25, 0.3) is 5.70 Å². The lowest BCUT2D eigenvalue weighted by molar-refractivity contribution is 0.591. The van der Waals surface area contributed by atoms with Gasteiger partial charge in [0, 0.05) is 17.3 Å². The molecule has 0 unspecified atom stereocenters. The molecule has 0 bridgehead atoms. The van der Waals surface area contributed by atoms with Gasteiger partial charge in [0.25, 0.3) is 10.0 Å². The molecule has 0 amide bonds. The maximum atomic E-state index is 13.7. The molecule has 0 atom stereocenters. The van der Waals surface area contributed by atoms with Crippen LogP contribution in [0.2, 0.25) is 5.02 Å². The Morgan fingerprint density at radius 1 is 1.19 bits per heavy atom. The van der Waals surface area contributed by atoms with Crippen LogP contribution in [0.1, 0.15) is 26.3 Å². The molecule has 27 heavy (non-hydrogen) atoms. The van der Waals surface area contributed by atoms with E-state index in [2.05, 4.69) is 17.2 Å². The summed E-state index contributed by atoms with van der Waals surface area (Å²) in [6.07, 6.45) is 0. The summed E-state index contributed by atoms with van der Waals surface area (Å²) in [7, 11) is -3.83. The first-order valence-corrected chi connectivity index (χ1v) is 10.2. The molecule has 0 radical (unpaired) electrons. The van der Waals surface area contributed by atoms with Crippen LogP contribution < -0.4 is 9.73 Å². The number of sulfonamides is 1. The van der Waals surface area contributed by atoms with Gasteiger partial charge in [-0.15, -0.1) is 0 Å². The van der Waals surface area contributed by atoms with Crippen molar-refractivity contribution < 1.29 is 12.8 Å². The molecule has 1 aliphatic rings. The second-order valence-electron chi connectivity index (χ2n) is 5.55.